The lowest BCUT2D eigenvalue weighted by molar-refractivity contribution is 0.102. The van der Waals surface area contributed by atoms with Gasteiger partial charge in [-0.15, -0.1) is 0 Å². The van der Waals surface area contributed by atoms with Crippen molar-refractivity contribution in [2.75, 3.05) is 5.32 Å². The van der Waals surface area contributed by atoms with Gasteiger partial charge in [-0.25, -0.2) is 12.8 Å². The summed E-state index contributed by atoms with van der Waals surface area (Å²) in [6.45, 7) is 0. The van der Waals surface area contributed by atoms with Gasteiger partial charge in [0.1, 0.15) is 10.7 Å². The molecule has 0 aromatic heterocycles. The highest BCUT2D eigenvalue weighted by Crippen LogP contribution is 2.22. The van der Waals surface area contributed by atoms with Gasteiger partial charge in [0.2, 0.25) is 0 Å². The van der Waals surface area contributed by atoms with Gasteiger partial charge in [-0.3, -0.25) is 4.79 Å². The molecule has 1 N–H and O–H groups in total. The molecule has 21 heavy (non-hydrogen) atoms. The fourth-order valence-electron chi connectivity index (χ4n) is 1.61. The molecule has 0 fully saturated rings. The minimum atomic E-state index is -4.15. The molecule has 0 saturated carbocycles. The lowest BCUT2D eigenvalue weighted by Crippen LogP contribution is -2.12. The normalized spacial score (nSPS) is 11.2. The van der Waals surface area contributed by atoms with E-state index in [0.717, 1.165) is 15.7 Å². The molecule has 1 amide bonds. The average Bonchev–Trinajstić information content (AvgIpc) is 2.37. The van der Waals surface area contributed by atoms with E-state index in [2.05, 4.69) is 27.9 Å². The highest BCUT2D eigenvalue weighted by atomic mass is 127. The van der Waals surface area contributed by atoms with Crippen molar-refractivity contribution in [3.8, 4) is 0 Å². The Morgan fingerprint density at radius 1 is 1.19 bits per heavy atom. The maximum atomic E-state index is 13.6. The summed E-state index contributed by atoms with van der Waals surface area (Å²) in [6, 6.07) is 10.0. The van der Waals surface area contributed by atoms with Crippen LogP contribution in [0.4, 0.5) is 10.1 Å². The SMILES string of the molecule is O=C(Nc1ccc(S(=O)(=O)Cl)c(F)c1)c1cccc(I)c1. The molecule has 0 aliphatic rings. The molecule has 0 radical (unpaired) electrons. The van der Waals surface area contributed by atoms with E-state index < -0.39 is 25.7 Å². The van der Waals surface area contributed by atoms with Crippen molar-refractivity contribution in [1.82, 2.24) is 0 Å². The van der Waals surface area contributed by atoms with Crippen LogP contribution in [0.2, 0.25) is 0 Å². The lowest BCUT2D eigenvalue weighted by atomic mass is 10.2. The number of amides is 1. The zero-order chi connectivity index (χ0) is 15.6. The molecule has 0 saturated heterocycles. The van der Waals surface area contributed by atoms with Crippen LogP contribution in [0.25, 0.3) is 0 Å². The van der Waals surface area contributed by atoms with Gasteiger partial charge in [-0.2, -0.15) is 0 Å². The fraction of sp³-hybridized carbons (Fsp3) is 0. The first-order valence-corrected chi connectivity index (χ1v) is 8.97. The number of hydrogen-bond acceptors (Lipinski definition) is 3. The molecule has 2 aromatic carbocycles. The first kappa shape index (κ1) is 16.2. The van der Waals surface area contributed by atoms with Crippen LogP contribution < -0.4 is 5.32 Å². The molecule has 4 nitrogen and oxygen atoms in total. The Balaban J connectivity index is 2.25. The maximum Gasteiger partial charge on any atom is 0.264 e. The van der Waals surface area contributed by atoms with E-state index in [1.807, 2.05) is 6.07 Å². The molecule has 0 bridgehead atoms. The molecule has 2 aromatic rings. The predicted octanol–water partition coefficient (Wildman–Crippen LogP) is 3.61. The first-order chi connectivity index (χ1) is 9.77. The van der Waals surface area contributed by atoms with E-state index in [4.69, 9.17) is 10.7 Å². The van der Waals surface area contributed by atoms with E-state index >= 15 is 0 Å². The second kappa shape index (κ2) is 6.29. The van der Waals surface area contributed by atoms with Crippen LogP contribution in [0, 0.1) is 9.39 Å². The van der Waals surface area contributed by atoms with Crippen LogP contribution in [0.3, 0.4) is 0 Å². The first-order valence-electron chi connectivity index (χ1n) is 5.58. The summed E-state index contributed by atoms with van der Waals surface area (Å²) < 4.78 is 36.7. The number of halogens is 3. The molecule has 0 unspecified atom stereocenters. The molecule has 0 aliphatic carbocycles. The van der Waals surface area contributed by atoms with E-state index in [1.54, 1.807) is 18.2 Å². The molecule has 8 heteroatoms. The van der Waals surface area contributed by atoms with Crippen LogP contribution in [0.5, 0.6) is 0 Å². The summed E-state index contributed by atoms with van der Waals surface area (Å²) >= 11 is 2.07. The van der Waals surface area contributed by atoms with Gasteiger partial charge in [-0.05, 0) is 59.0 Å². The summed E-state index contributed by atoms with van der Waals surface area (Å²) in [4.78, 5) is 11.3. The van der Waals surface area contributed by atoms with Gasteiger partial charge in [-0.1, -0.05) is 6.07 Å². The highest BCUT2D eigenvalue weighted by Gasteiger charge is 2.17. The highest BCUT2D eigenvalue weighted by molar-refractivity contribution is 14.1. The average molecular weight is 440 g/mol. The van der Waals surface area contributed by atoms with Gasteiger partial charge < -0.3 is 5.32 Å². The third-order valence-electron chi connectivity index (χ3n) is 2.54. The van der Waals surface area contributed by atoms with Crippen molar-refractivity contribution in [1.29, 1.82) is 0 Å². The number of carbonyl (C=O) groups is 1. The molecule has 0 spiro atoms. The van der Waals surface area contributed by atoms with Crippen molar-refractivity contribution < 1.29 is 17.6 Å². The molecule has 110 valence electrons. The Kier molecular flexibility index (Phi) is 4.84. The molecular formula is C13H8ClFINO3S. The Hall–Kier alpha value is -1.19. The minimum Gasteiger partial charge on any atom is -0.322 e. The number of hydrogen-bond donors (Lipinski definition) is 1. The Morgan fingerprint density at radius 3 is 2.48 bits per heavy atom. The van der Waals surface area contributed by atoms with Crippen molar-refractivity contribution in [2.45, 2.75) is 4.90 Å². The van der Waals surface area contributed by atoms with Crippen LogP contribution in [-0.2, 0) is 9.05 Å². The molecule has 0 heterocycles. The van der Waals surface area contributed by atoms with Crippen LogP contribution in [-0.4, -0.2) is 14.3 Å². The Labute approximate surface area is 138 Å². The molecule has 0 aliphatic heterocycles. The summed E-state index contributed by atoms with van der Waals surface area (Å²) in [6.07, 6.45) is 0. The smallest absolute Gasteiger partial charge is 0.264 e. The topological polar surface area (TPSA) is 63.2 Å². The lowest BCUT2D eigenvalue weighted by Gasteiger charge is -2.07. The summed E-state index contributed by atoms with van der Waals surface area (Å²) in [5, 5.41) is 2.48. The summed E-state index contributed by atoms with van der Waals surface area (Å²) in [7, 11) is 0.926. The quantitative estimate of drug-likeness (QED) is 0.587. The number of anilines is 1. The van der Waals surface area contributed by atoms with Crippen LogP contribution in [0.15, 0.2) is 47.4 Å². The van der Waals surface area contributed by atoms with Gasteiger partial charge in [0.05, 0.1) is 0 Å². The van der Waals surface area contributed by atoms with E-state index in [9.17, 15) is 17.6 Å². The summed E-state index contributed by atoms with van der Waals surface area (Å²) in [5.74, 6) is -1.44. The third kappa shape index (κ3) is 4.14. The third-order valence-corrected chi connectivity index (χ3v) is 4.57. The monoisotopic (exact) mass is 439 g/mol. The van der Waals surface area contributed by atoms with Crippen LogP contribution >= 0.6 is 33.3 Å². The number of benzene rings is 2. The van der Waals surface area contributed by atoms with Crippen molar-refractivity contribution >= 4 is 53.9 Å². The second-order valence-corrected chi connectivity index (χ2v) is 7.83. The van der Waals surface area contributed by atoms with Crippen molar-refractivity contribution in [3.63, 3.8) is 0 Å². The second-order valence-electron chi connectivity index (χ2n) is 4.05. The van der Waals surface area contributed by atoms with Crippen molar-refractivity contribution in [3.05, 3.63) is 57.4 Å². The van der Waals surface area contributed by atoms with Crippen LogP contribution in [0.1, 0.15) is 10.4 Å². The van der Waals surface area contributed by atoms with Gasteiger partial charge >= 0.3 is 0 Å². The van der Waals surface area contributed by atoms with E-state index in [0.29, 0.717) is 5.56 Å². The van der Waals surface area contributed by atoms with E-state index in [1.165, 1.54) is 6.07 Å². The standard InChI is InChI=1S/C13H8ClFINO3S/c14-21(19,20)12-5-4-10(7-11(12)15)17-13(18)8-2-1-3-9(16)6-8/h1-7H,(H,17,18). The predicted molar refractivity (Wildman–Crippen MR) is 86.6 cm³/mol. The molecule has 2 rings (SSSR count). The minimum absolute atomic E-state index is 0.139. The Morgan fingerprint density at radius 2 is 1.90 bits per heavy atom. The molecular weight excluding hydrogens is 432 g/mol. The molecule has 0 atom stereocenters. The fourth-order valence-corrected chi connectivity index (χ4v) is 3.05. The van der Waals surface area contributed by atoms with Gasteiger partial charge in [0.15, 0.2) is 0 Å². The number of carbonyl (C=O) groups excluding carboxylic acids is 1. The number of nitrogens with one attached hydrogen (secondary N) is 1. The zero-order valence-electron chi connectivity index (χ0n) is 10.3. The zero-order valence-corrected chi connectivity index (χ0v) is 14.0. The van der Waals surface area contributed by atoms with Crippen molar-refractivity contribution in [2.24, 2.45) is 0 Å². The number of rotatable bonds is 3. The largest absolute Gasteiger partial charge is 0.322 e. The van der Waals surface area contributed by atoms with Gasteiger partial charge in [0.25, 0.3) is 15.0 Å². The van der Waals surface area contributed by atoms with E-state index in [-0.39, 0.29) is 5.69 Å². The van der Waals surface area contributed by atoms with Gasteiger partial charge in [0, 0.05) is 25.5 Å². The maximum absolute atomic E-state index is 13.6. The Bertz CT molecular complexity index is 811. The summed E-state index contributed by atoms with van der Waals surface area (Å²) in [5.41, 5.74) is 0.553.